The predicted octanol–water partition coefficient (Wildman–Crippen LogP) is 2.89. The van der Waals surface area contributed by atoms with Gasteiger partial charge < -0.3 is 10.0 Å². The minimum absolute atomic E-state index is 0.336. The van der Waals surface area contributed by atoms with Crippen molar-refractivity contribution >= 4 is 0 Å². The minimum atomic E-state index is -0.831. The minimum Gasteiger partial charge on any atom is -0.389 e. The molecule has 4 heteroatoms. The van der Waals surface area contributed by atoms with Gasteiger partial charge in [-0.2, -0.15) is 0 Å². The first kappa shape index (κ1) is 14.0. The second kappa shape index (κ2) is 5.08. The van der Waals surface area contributed by atoms with Crippen LogP contribution in [0.3, 0.4) is 0 Å². The second-order valence-corrected chi connectivity index (χ2v) is 6.49. The molecule has 0 spiro atoms. The summed E-state index contributed by atoms with van der Waals surface area (Å²) in [6.45, 7) is 0. The van der Waals surface area contributed by atoms with Gasteiger partial charge in [-0.3, -0.25) is 0 Å². The zero-order chi connectivity index (χ0) is 14.3. The lowest BCUT2D eigenvalue weighted by molar-refractivity contribution is -0.0820. The standard InChI is InChI=1S/C16H21F2NO/c1-19-14-3-2-4-15(19)10-16(20,9-14)8-11-5-12(17)7-13(18)6-11/h5-7,14-15,20H,2-4,8-10H2,1H3. The van der Waals surface area contributed by atoms with Crippen molar-refractivity contribution in [3.63, 3.8) is 0 Å². The normalized spacial score (nSPS) is 34.2. The Morgan fingerprint density at radius 2 is 1.70 bits per heavy atom. The summed E-state index contributed by atoms with van der Waals surface area (Å²) < 4.78 is 26.5. The van der Waals surface area contributed by atoms with E-state index in [1.54, 1.807) is 0 Å². The SMILES string of the molecule is CN1C2CCCC1CC(O)(Cc1cc(F)cc(F)c1)C2. The molecule has 0 aromatic heterocycles. The Balaban J connectivity index is 1.79. The summed E-state index contributed by atoms with van der Waals surface area (Å²) >= 11 is 0. The van der Waals surface area contributed by atoms with Gasteiger partial charge >= 0.3 is 0 Å². The highest BCUT2D eigenvalue weighted by Crippen LogP contribution is 2.39. The van der Waals surface area contributed by atoms with Crippen LogP contribution in [-0.4, -0.2) is 34.7 Å². The molecule has 2 bridgehead atoms. The molecule has 20 heavy (non-hydrogen) atoms. The summed E-state index contributed by atoms with van der Waals surface area (Å²) in [4.78, 5) is 2.37. The van der Waals surface area contributed by atoms with Crippen LogP contribution >= 0.6 is 0 Å². The Hall–Kier alpha value is -1.00. The van der Waals surface area contributed by atoms with Crippen molar-refractivity contribution in [2.75, 3.05) is 7.05 Å². The molecule has 1 aromatic rings. The summed E-state index contributed by atoms with van der Waals surface area (Å²) in [6, 6.07) is 4.32. The van der Waals surface area contributed by atoms with Gasteiger partial charge in [0.1, 0.15) is 11.6 Å². The summed E-state index contributed by atoms with van der Waals surface area (Å²) in [7, 11) is 2.12. The van der Waals surface area contributed by atoms with Crippen LogP contribution in [-0.2, 0) is 6.42 Å². The van der Waals surface area contributed by atoms with E-state index in [1.807, 2.05) is 0 Å². The molecule has 1 aromatic carbocycles. The van der Waals surface area contributed by atoms with E-state index in [4.69, 9.17) is 0 Å². The quantitative estimate of drug-likeness (QED) is 0.901. The molecule has 110 valence electrons. The van der Waals surface area contributed by atoms with Gasteiger partial charge in [0.05, 0.1) is 5.60 Å². The van der Waals surface area contributed by atoms with E-state index in [9.17, 15) is 13.9 Å². The van der Waals surface area contributed by atoms with Crippen molar-refractivity contribution < 1.29 is 13.9 Å². The molecule has 0 saturated carbocycles. The second-order valence-electron chi connectivity index (χ2n) is 6.49. The van der Waals surface area contributed by atoms with Gasteiger partial charge in [0.2, 0.25) is 0 Å². The van der Waals surface area contributed by atoms with Gasteiger partial charge in [0, 0.05) is 24.6 Å². The van der Waals surface area contributed by atoms with Crippen LogP contribution < -0.4 is 0 Å². The van der Waals surface area contributed by atoms with Crippen molar-refractivity contribution in [1.29, 1.82) is 0 Å². The average molecular weight is 281 g/mol. The maximum atomic E-state index is 13.3. The van der Waals surface area contributed by atoms with Gasteiger partial charge in [0.15, 0.2) is 0 Å². The molecule has 2 saturated heterocycles. The van der Waals surface area contributed by atoms with Crippen molar-refractivity contribution in [3.05, 3.63) is 35.4 Å². The molecular formula is C16H21F2NO. The van der Waals surface area contributed by atoms with Gasteiger partial charge in [0.25, 0.3) is 0 Å². The first-order chi connectivity index (χ1) is 9.45. The highest BCUT2D eigenvalue weighted by atomic mass is 19.1. The van der Waals surface area contributed by atoms with E-state index < -0.39 is 17.2 Å². The fourth-order valence-electron chi connectivity index (χ4n) is 3.98. The zero-order valence-electron chi connectivity index (χ0n) is 11.8. The number of halogens is 2. The van der Waals surface area contributed by atoms with E-state index in [1.165, 1.54) is 18.6 Å². The first-order valence-corrected chi connectivity index (χ1v) is 7.34. The van der Waals surface area contributed by atoms with Crippen LogP contribution in [0.4, 0.5) is 8.78 Å². The molecule has 2 unspecified atom stereocenters. The van der Waals surface area contributed by atoms with E-state index in [0.717, 1.165) is 18.9 Å². The summed E-state index contributed by atoms with van der Waals surface area (Å²) in [5, 5.41) is 10.9. The van der Waals surface area contributed by atoms with E-state index >= 15 is 0 Å². The maximum Gasteiger partial charge on any atom is 0.126 e. The Bertz CT molecular complexity index is 471. The summed E-state index contributed by atoms with van der Waals surface area (Å²) in [6.07, 6.45) is 5.14. The van der Waals surface area contributed by atoms with Crippen molar-refractivity contribution in [2.24, 2.45) is 0 Å². The van der Waals surface area contributed by atoms with E-state index in [-0.39, 0.29) is 0 Å². The number of aliphatic hydroxyl groups is 1. The third-order valence-electron chi connectivity index (χ3n) is 4.91. The lowest BCUT2D eigenvalue weighted by Crippen LogP contribution is -2.57. The summed E-state index contributed by atoms with van der Waals surface area (Å²) in [5.74, 6) is -1.14. The molecule has 0 aliphatic carbocycles. The van der Waals surface area contributed by atoms with Crippen molar-refractivity contribution in [3.8, 4) is 0 Å². The van der Waals surface area contributed by atoms with E-state index in [2.05, 4.69) is 11.9 Å². The molecule has 3 rings (SSSR count). The maximum absolute atomic E-state index is 13.3. The number of hydrogen-bond donors (Lipinski definition) is 1. The van der Waals surface area contributed by atoms with Crippen LogP contribution in [0.5, 0.6) is 0 Å². The largest absolute Gasteiger partial charge is 0.389 e. The molecular weight excluding hydrogens is 260 g/mol. The number of benzene rings is 1. The molecule has 2 nitrogen and oxygen atoms in total. The molecule has 1 N–H and O–H groups in total. The Labute approximate surface area is 118 Å². The van der Waals surface area contributed by atoms with Crippen LogP contribution in [0.25, 0.3) is 0 Å². The van der Waals surface area contributed by atoms with Crippen LogP contribution in [0.15, 0.2) is 18.2 Å². The molecule has 2 aliphatic rings. The Kier molecular flexibility index (Phi) is 3.55. The van der Waals surface area contributed by atoms with Gasteiger partial charge in [-0.05, 0) is 50.4 Å². The van der Waals surface area contributed by atoms with Crippen molar-refractivity contribution in [2.45, 2.75) is 56.2 Å². The number of piperidine rings is 2. The third kappa shape index (κ3) is 2.72. The molecule has 2 aliphatic heterocycles. The number of hydrogen-bond acceptors (Lipinski definition) is 2. The zero-order valence-corrected chi connectivity index (χ0v) is 11.8. The number of fused-ring (bicyclic) bond motifs is 2. The number of nitrogens with zero attached hydrogens (tertiary/aromatic N) is 1. The highest BCUT2D eigenvalue weighted by molar-refractivity contribution is 5.20. The van der Waals surface area contributed by atoms with Crippen molar-refractivity contribution in [1.82, 2.24) is 4.90 Å². The average Bonchev–Trinajstić information content (AvgIpc) is 2.30. The van der Waals surface area contributed by atoms with Gasteiger partial charge in [-0.1, -0.05) is 6.42 Å². The smallest absolute Gasteiger partial charge is 0.126 e. The van der Waals surface area contributed by atoms with Gasteiger partial charge in [-0.15, -0.1) is 0 Å². The van der Waals surface area contributed by atoms with Crippen LogP contribution in [0, 0.1) is 11.6 Å². The lowest BCUT2D eigenvalue weighted by atomic mass is 9.73. The lowest BCUT2D eigenvalue weighted by Gasteiger charge is -2.50. The molecule has 0 radical (unpaired) electrons. The molecule has 2 atom stereocenters. The fourth-order valence-corrected chi connectivity index (χ4v) is 3.98. The topological polar surface area (TPSA) is 23.5 Å². The molecule has 0 amide bonds. The fraction of sp³-hybridized carbons (Fsp3) is 0.625. The summed E-state index contributed by atoms with van der Waals surface area (Å²) in [5.41, 5.74) is -0.282. The first-order valence-electron chi connectivity index (χ1n) is 7.34. The third-order valence-corrected chi connectivity index (χ3v) is 4.91. The number of rotatable bonds is 2. The monoisotopic (exact) mass is 281 g/mol. The molecule has 2 fully saturated rings. The van der Waals surface area contributed by atoms with Crippen LogP contribution in [0.1, 0.15) is 37.7 Å². The van der Waals surface area contributed by atoms with Crippen LogP contribution in [0.2, 0.25) is 0 Å². The van der Waals surface area contributed by atoms with Gasteiger partial charge in [-0.25, -0.2) is 8.78 Å². The predicted molar refractivity (Wildman–Crippen MR) is 73.4 cm³/mol. The Morgan fingerprint density at radius 1 is 1.15 bits per heavy atom. The highest BCUT2D eigenvalue weighted by Gasteiger charge is 2.43. The Morgan fingerprint density at radius 3 is 2.25 bits per heavy atom. The van der Waals surface area contributed by atoms with E-state index in [0.29, 0.717) is 36.9 Å². The molecule has 2 heterocycles.